The number of ketones is 1. The molecule has 1 rings (SSSR count). The van der Waals surface area contributed by atoms with E-state index in [1.54, 1.807) is 6.92 Å². The van der Waals surface area contributed by atoms with Gasteiger partial charge in [-0.2, -0.15) is 0 Å². The predicted octanol–water partition coefficient (Wildman–Crippen LogP) is 2.92. The molecule has 0 saturated heterocycles. The second-order valence-electron chi connectivity index (χ2n) is 4.75. The van der Waals surface area contributed by atoms with E-state index in [0.717, 1.165) is 5.56 Å². The maximum absolute atomic E-state index is 11.7. The van der Waals surface area contributed by atoms with Gasteiger partial charge in [-0.05, 0) is 11.5 Å². The van der Waals surface area contributed by atoms with Crippen LogP contribution in [0.5, 0.6) is 0 Å². The third-order valence-corrected chi connectivity index (χ3v) is 2.85. The van der Waals surface area contributed by atoms with E-state index in [4.69, 9.17) is 4.74 Å². The Kier molecular flexibility index (Phi) is 6.06. The highest BCUT2D eigenvalue weighted by atomic mass is 16.5. The van der Waals surface area contributed by atoms with Crippen molar-refractivity contribution in [1.29, 1.82) is 0 Å². The summed E-state index contributed by atoms with van der Waals surface area (Å²) in [6.45, 7) is 5.79. The van der Waals surface area contributed by atoms with Crippen LogP contribution in [0.25, 0.3) is 0 Å². The summed E-state index contributed by atoms with van der Waals surface area (Å²) in [5.74, 6) is 0.0726. The zero-order chi connectivity index (χ0) is 14.3. The van der Waals surface area contributed by atoms with Crippen LogP contribution >= 0.6 is 0 Å². The smallest absolute Gasteiger partial charge is 0.408 e. The molecule has 4 nitrogen and oxygen atoms in total. The minimum Gasteiger partial charge on any atom is -0.445 e. The van der Waals surface area contributed by atoms with Gasteiger partial charge >= 0.3 is 6.09 Å². The fraction of sp³-hybridized carbons (Fsp3) is 0.467. The number of hydrogen-bond acceptors (Lipinski definition) is 3. The number of alkyl carbamates (subject to hydrolysis) is 1. The first-order valence-electron chi connectivity index (χ1n) is 6.54. The van der Waals surface area contributed by atoms with E-state index in [0.29, 0.717) is 6.42 Å². The van der Waals surface area contributed by atoms with E-state index in [-0.39, 0.29) is 18.3 Å². The molecule has 0 radical (unpaired) electrons. The Balaban J connectivity index is 2.47. The number of rotatable bonds is 6. The molecule has 19 heavy (non-hydrogen) atoms. The Labute approximate surface area is 114 Å². The minimum absolute atomic E-state index is 0.0201. The summed E-state index contributed by atoms with van der Waals surface area (Å²) in [4.78, 5) is 23.4. The summed E-state index contributed by atoms with van der Waals surface area (Å²) in [5.41, 5.74) is 0.917. The van der Waals surface area contributed by atoms with Crippen LogP contribution in [0.3, 0.4) is 0 Å². The molecule has 1 N–H and O–H groups in total. The van der Waals surface area contributed by atoms with Crippen LogP contribution in [0.4, 0.5) is 4.79 Å². The number of Topliss-reactive ketones (excluding diaryl/α,β-unsaturated/α-hetero) is 1. The molecule has 1 amide bonds. The third kappa shape index (κ3) is 5.12. The molecule has 0 aliphatic rings. The van der Waals surface area contributed by atoms with Gasteiger partial charge in [0.2, 0.25) is 0 Å². The molecule has 104 valence electrons. The summed E-state index contributed by atoms with van der Waals surface area (Å²) in [6.07, 6.45) is -0.147. The zero-order valence-corrected chi connectivity index (χ0v) is 11.7. The fourth-order valence-electron chi connectivity index (χ4n) is 1.73. The number of benzene rings is 1. The number of nitrogens with one attached hydrogen (secondary N) is 1. The minimum atomic E-state index is -0.552. The number of ether oxygens (including phenoxy) is 1. The topological polar surface area (TPSA) is 55.4 Å². The molecular formula is C15H21NO3. The fourth-order valence-corrected chi connectivity index (χ4v) is 1.73. The van der Waals surface area contributed by atoms with Crippen molar-refractivity contribution in [3.05, 3.63) is 35.9 Å². The summed E-state index contributed by atoms with van der Waals surface area (Å²) < 4.78 is 5.10. The van der Waals surface area contributed by atoms with Crippen LogP contribution in [0.15, 0.2) is 30.3 Å². The Morgan fingerprint density at radius 2 is 1.84 bits per heavy atom. The van der Waals surface area contributed by atoms with E-state index in [9.17, 15) is 9.59 Å². The lowest BCUT2D eigenvalue weighted by molar-refractivity contribution is -0.121. The van der Waals surface area contributed by atoms with Gasteiger partial charge < -0.3 is 10.1 Å². The molecule has 0 bridgehead atoms. The second-order valence-corrected chi connectivity index (χ2v) is 4.75. The lowest BCUT2D eigenvalue weighted by Crippen LogP contribution is -2.44. The normalized spacial score (nSPS) is 12.0. The second kappa shape index (κ2) is 7.56. The molecule has 0 aliphatic heterocycles. The maximum atomic E-state index is 11.7. The van der Waals surface area contributed by atoms with Crippen molar-refractivity contribution < 1.29 is 14.3 Å². The number of carbonyl (C=O) groups is 2. The van der Waals surface area contributed by atoms with Gasteiger partial charge in [0, 0.05) is 6.42 Å². The third-order valence-electron chi connectivity index (χ3n) is 2.85. The summed E-state index contributed by atoms with van der Waals surface area (Å²) >= 11 is 0. The van der Waals surface area contributed by atoms with Crippen molar-refractivity contribution >= 4 is 11.9 Å². The number of carbonyl (C=O) groups excluding carboxylic acids is 2. The maximum Gasteiger partial charge on any atom is 0.408 e. The first-order chi connectivity index (χ1) is 9.04. The van der Waals surface area contributed by atoms with E-state index in [1.807, 2.05) is 44.2 Å². The molecule has 1 atom stereocenters. The number of amides is 1. The van der Waals surface area contributed by atoms with Crippen LogP contribution in [0.1, 0.15) is 32.8 Å². The summed E-state index contributed by atoms with van der Waals surface area (Å²) in [5, 5.41) is 2.63. The molecule has 4 heteroatoms. The molecule has 0 aliphatic carbocycles. The van der Waals surface area contributed by atoms with E-state index < -0.39 is 12.1 Å². The summed E-state index contributed by atoms with van der Waals surface area (Å²) in [7, 11) is 0. The SMILES string of the molecule is CCC(=O)C(NC(=O)OCc1ccccc1)C(C)C. The highest BCUT2D eigenvalue weighted by Gasteiger charge is 2.22. The van der Waals surface area contributed by atoms with E-state index in [2.05, 4.69) is 5.32 Å². The van der Waals surface area contributed by atoms with Crippen LogP contribution in [-0.4, -0.2) is 17.9 Å². The zero-order valence-electron chi connectivity index (χ0n) is 11.7. The van der Waals surface area contributed by atoms with Gasteiger partial charge in [0.1, 0.15) is 6.61 Å². The summed E-state index contributed by atoms with van der Waals surface area (Å²) in [6, 6.07) is 8.95. The van der Waals surface area contributed by atoms with Crippen molar-refractivity contribution in [3.63, 3.8) is 0 Å². The molecule has 0 fully saturated rings. The Hall–Kier alpha value is -1.84. The molecule has 0 saturated carbocycles. The van der Waals surface area contributed by atoms with Gasteiger partial charge in [-0.25, -0.2) is 4.79 Å². The lowest BCUT2D eigenvalue weighted by atomic mass is 9.99. The van der Waals surface area contributed by atoms with Crippen molar-refractivity contribution in [2.45, 2.75) is 39.8 Å². The van der Waals surface area contributed by atoms with Gasteiger partial charge in [0.05, 0.1) is 6.04 Å². The monoisotopic (exact) mass is 263 g/mol. The molecular weight excluding hydrogens is 242 g/mol. The number of hydrogen-bond donors (Lipinski definition) is 1. The average molecular weight is 263 g/mol. The van der Waals surface area contributed by atoms with E-state index >= 15 is 0 Å². The Bertz CT molecular complexity index is 415. The largest absolute Gasteiger partial charge is 0.445 e. The molecule has 0 spiro atoms. The molecule has 1 unspecified atom stereocenters. The molecule has 0 heterocycles. The Morgan fingerprint density at radius 1 is 1.21 bits per heavy atom. The highest BCUT2D eigenvalue weighted by Crippen LogP contribution is 2.06. The van der Waals surface area contributed by atoms with Crippen molar-refractivity contribution in [2.75, 3.05) is 0 Å². The van der Waals surface area contributed by atoms with Crippen LogP contribution in [-0.2, 0) is 16.1 Å². The van der Waals surface area contributed by atoms with Gasteiger partial charge in [-0.3, -0.25) is 4.79 Å². The van der Waals surface area contributed by atoms with Crippen LogP contribution in [0, 0.1) is 5.92 Å². The van der Waals surface area contributed by atoms with Gasteiger partial charge in [-0.1, -0.05) is 51.1 Å². The average Bonchev–Trinajstić information content (AvgIpc) is 2.42. The first kappa shape index (κ1) is 15.2. The van der Waals surface area contributed by atoms with Gasteiger partial charge in [0.25, 0.3) is 0 Å². The quantitative estimate of drug-likeness (QED) is 0.858. The highest BCUT2D eigenvalue weighted by molar-refractivity contribution is 5.87. The van der Waals surface area contributed by atoms with E-state index in [1.165, 1.54) is 0 Å². The molecule has 1 aromatic rings. The first-order valence-corrected chi connectivity index (χ1v) is 6.54. The molecule has 1 aromatic carbocycles. The lowest BCUT2D eigenvalue weighted by Gasteiger charge is -2.20. The standard InChI is InChI=1S/C15H21NO3/c1-4-13(17)14(11(2)3)16-15(18)19-10-12-8-6-5-7-9-12/h5-9,11,14H,4,10H2,1-3H3,(H,16,18). The predicted molar refractivity (Wildman–Crippen MR) is 73.7 cm³/mol. The Morgan fingerprint density at radius 3 is 2.37 bits per heavy atom. The van der Waals surface area contributed by atoms with Crippen LogP contribution < -0.4 is 5.32 Å². The van der Waals surface area contributed by atoms with Crippen molar-refractivity contribution in [2.24, 2.45) is 5.92 Å². The van der Waals surface area contributed by atoms with Gasteiger partial charge in [0.15, 0.2) is 5.78 Å². The van der Waals surface area contributed by atoms with Crippen molar-refractivity contribution in [3.8, 4) is 0 Å². The van der Waals surface area contributed by atoms with Crippen LogP contribution in [0.2, 0.25) is 0 Å². The van der Waals surface area contributed by atoms with Crippen molar-refractivity contribution in [1.82, 2.24) is 5.32 Å². The molecule has 0 aromatic heterocycles. The van der Waals surface area contributed by atoms with Gasteiger partial charge in [-0.15, -0.1) is 0 Å².